The van der Waals surface area contributed by atoms with Gasteiger partial charge in [-0.05, 0) is 51.4 Å². The fourth-order valence-corrected chi connectivity index (χ4v) is 10.4. The Labute approximate surface area is 457 Å². The summed E-state index contributed by atoms with van der Waals surface area (Å²) in [6, 6.07) is -0.800. The van der Waals surface area contributed by atoms with Crippen LogP contribution in [-0.2, 0) is 14.3 Å². The lowest BCUT2D eigenvalue weighted by Crippen LogP contribution is -2.60. The van der Waals surface area contributed by atoms with Crippen molar-refractivity contribution < 1.29 is 39.8 Å². The van der Waals surface area contributed by atoms with Crippen molar-refractivity contribution in [3.05, 3.63) is 36.5 Å². The first kappa shape index (κ1) is 70.4. The number of aliphatic hydroxyl groups excluding tert-OH is 5. The molecule has 0 saturated carbocycles. The summed E-state index contributed by atoms with van der Waals surface area (Å²) >= 11 is 0. The standard InChI is InChI=1S/C65H123NO8/c1-3-5-7-9-11-13-15-16-17-18-19-20-21-22-23-24-25-26-27-28-29-30-31-32-33-34-35-36-37-38-39-40-41-42-43-44-45-47-49-51-53-55-61(69)66-58(57-73-65-64(72)63(71)62(70)60(56-67)74-65)59(68)54-52-50-48-46-14-12-10-8-6-4-2/h15-16,18-19,52,54,58-60,62-65,67-68,70-72H,3-14,17,20-51,53,55-57H2,1-2H3,(H,66,69)/b16-15-,19-18-,54-52+. The van der Waals surface area contributed by atoms with Gasteiger partial charge < -0.3 is 40.3 Å². The highest BCUT2D eigenvalue weighted by molar-refractivity contribution is 5.76. The Balaban J connectivity index is 1.97. The molecule has 6 N–H and O–H groups in total. The zero-order valence-corrected chi connectivity index (χ0v) is 48.6. The summed E-state index contributed by atoms with van der Waals surface area (Å²) in [6.07, 6.45) is 65.6. The van der Waals surface area contributed by atoms with Crippen LogP contribution < -0.4 is 5.32 Å². The van der Waals surface area contributed by atoms with Crippen LogP contribution in [0.5, 0.6) is 0 Å². The van der Waals surface area contributed by atoms with Gasteiger partial charge in [-0.3, -0.25) is 4.79 Å². The van der Waals surface area contributed by atoms with E-state index in [-0.39, 0.29) is 12.5 Å². The van der Waals surface area contributed by atoms with Crippen LogP contribution in [0.25, 0.3) is 0 Å². The molecule has 7 atom stereocenters. The molecular formula is C65H123NO8. The Morgan fingerprint density at radius 3 is 1.16 bits per heavy atom. The van der Waals surface area contributed by atoms with Crippen molar-refractivity contribution >= 4 is 5.91 Å². The molecule has 1 amide bonds. The molecule has 0 aromatic carbocycles. The van der Waals surface area contributed by atoms with E-state index >= 15 is 0 Å². The van der Waals surface area contributed by atoms with Gasteiger partial charge in [0.15, 0.2) is 6.29 Å². The average Bonchev–Trinajstić information content (AvgIpc) is 3.40. The summed E-state index contributed by atoms with van der Waals surface area (Å²) in [6.45, 7) is 3.76. The quantitative estimate of drug-likeness (QED) is 0.0261. The number of unbranched alkanes of at least 4 members (excludes halogenated alkanes) is 42. The molecule has 1 saturated heterocycles. The van der Waals surface area contributed by atoms with Gasteiger partial charge in [0, 0.05) is 6.42 Å². The highest BCUT2D eigenvalue weighted by Gasteiger charge is 2.44. The van der Waals surface area contributed by atoms with Crippen LogP contribution in [0.2, 0.25) is 0 Å². The third-order valence-corrected chi connectivity index (χ3v) is 15.5. The molecule has 0 aliphatic carbocycles. The third kappa shape index (κ3) is 43.4. The molecule has 0 aromatic heterocycles. The van der Waals surface area contributed by atoms with Crippen molar-refractivity contribution in [2.24, 2.45) is 0 Å². The van der Waals surface area contributed by atoms with Gasteiger partial charge in [-0.2, -0.15) is 0 Å². The van der Waals surface area contributed by atoms with Gasteiger partial charge in [-0.25, -0.2) is 0 Å². The molecule has 1 fully saturated rings. The molecular weight excluding hydrogens is 923 g/mol. The maximum absolute atomic E-state index is 13.0. The Kier molecular flexibility index (Phi) is 52.1. The van der Waals surface area contributed by atoms with Gasteiger partial charge in [-0.1, -0.05) is 294 Å². The number of allylic oxidation sites excluding steroid dienone is 5. The van der Waals surface area contributed by atoms with E-state index in [1.807, 2.05) is 6.08 Å². The van der Waals surface area contributed by atoms with E-state index < -0.39 is 49.5 Å². The van der Waals surface area contributed by atoms with Crippen molar-refractivity contribution in [3.8, 4) is 0 Å². The maximum atomic E-state index is 13.0. The summed E-state index contributed by atoms with van der Waals surface area (Å²) in [5.41, 5.74) is 0. The molecule has 1 aliphatic heterocycles. The number of carbonyl (C=O) groups excluding carboxylic acids is 1. The minimum atomic E-state index is -1.56. The van der Waals surface area contributed by atoms with Crippen LogP contribution in [-0.4, -0.2) is 87.5 Å². The smallest absolute Gasteiger partial charge is 0.220 e. The van der Waals surface area contributed by atoms with Crippen LogP contribution in [0.4, 0.5) is 0 Å². The lowest BCUT2D eigenvalue weighted by molar-refractivity contribution is -0.302. The van der Waals surface area contributed by atoms with Crippen molar-refractivity contribution in [2.45, 2.75) is 358 Å². The van der Waals surface area contributed by atoms with Crippen LogP contribution in [0, 0.1) is 0 Å². The van der Waals surface area contributed by atoms with Crippen LogP contribution in [0.15, 0.2) is 36.5 Å². The molecule has 74 heavy (non-hydrogen) atoms. The Morgan fingerprint density at radius 2 is 0.797 bits per heavy atom. The molecule has 1 aliphatic rings. The molecule has 9 heteroatoms. The molecule has 0 aromatic rings. The van der Waals surface area contributed by atoms with Gasteiger partial charge in [0.2, 0.25) is 5.91 Å². The van der Waals surface area contributed by atoms with Crippen molar-refractivity contribution in [1.82, 2.24) is 5.32 Å². The Hall–Kier alpha value is -1.59. The molecule has 0 spiro atoms. The zero-order valence-electron chi connectivity index (χ0n) is 48.6. The van der Waals surface area contributed by atoms with Crippen LogP contribution >= 0.6 is 0 Å². The van der Waals surface area contributed by atoms with Gasteiger partial charge in [0.05, 0.1) is 25.4 Å². The number of nitrogens with one attached hydrogen (secondary N) is 1. The second kappa shape index (κ2) is 54.8. The minimum absolute atomic E-state index is 0.173. The largest absolute Gasteiger partial charge is 0.394 e. The van der Waals surface area contributed by atoms with E-state index in [0.717, 1.165) is 44.9 Å². The molecule has 1 rings (SSSR count). The summed E-state index contributed by atoms with van der Waals surface area (Å²) in [7, 11) is 0. The van der Waals surface area contributed by atoms with E-state index in [1.54, 1.807) is 6.08 Å². The van der Waals surface area contributed by atoms with Gasteiger partial charge >= 0.3 is 0 Å². The minimum Gasteiger partial charge on any atom is -0.394 e. The predicted molar refractivity (Wildman–Crippen MR) is 313 cm³/mol. The normalized spacial score (nSPS) is 19.1. The van der Waals surface area contributed by atoms with E-state index in [1.165, 1.54) is 250 Å². The van der Waals surface area contributed by atoms with Crippen LogP contribution in [0.1, 0.15) is 316 Å². The number of carbonyl (C=O) groups is 1. The highest BCUT2D eigenvalue weighted by Crippen LogP contribution is 2.23. The molecule has 436 valence electrons. The lowest BCUT2D eigenvalue weighted by atomic mass is 9.99. The van der Waals surface area contributed by atoms with Crippen LogP contribution in [0.3, 0.4) is 0 Å². The SMILES string of the molecule is CCCCCCC/C=C\C/C=C\CCCCCCCCCCCCCCCCCCCCCCCCCCCCCCCC(=O)NC(COC1OC(CO)C(O)C(O)C1O)C(O)/C=C/CCCCCCCCCC. The number of amides is 1. The monoisotopic (exact) mass is 1050 g/mol. The molecule has 0 bridgehead atoms. The average molecular weight is 1050 g/mol. The van der Waals surface area contributed by atoms with E-state index in [9.17, 15) is 30.3 Å². The second-order valence-corrected chi connectivity index (χ2v) is 22.6. The summed E-state index contributed by atoms with van der Waals surface area (Å²) in [5, 5.41) is 54.3. The number of rotatable bonds is 56. The lowest BCUT2D eigenvalue weighted by Gasteiger charge is -2.40. The summed E-state index contributed by atoms with van der Waals surface area (Å²) in [4.78, 5) is 13.0. The topological polar surface area (TPSA) is 149 Å². The second-order valence-electron chi connectivity index (χ2n) is 22.6. The molecule has 1 heterocycles. The molecule has 7 unspecified atom stereocenters. The van der Waals surface area contributed by atoms with E-state index in [4.69, 9.17) is 9.47 Å². The predicted octanol–water partition coefficient (Wildman–Crippen LogP) is 16.7. The van der Waals surface area contributed by atoms with E-state index in [0.29, 0.717) is 6.42 Å². The maximum Gasteiger partial charge on any atom is 0.220 e. The molecule has 9 nitrogen and oxygen atoms in total. The highest BCUT2D eigenvalue weighted by atomic mass is 16.7. The van der Waals surface area contributed by atoms with E-state index in [2.05, 4.69) is 43.5 Å². The first-order valence-corrected chi connectivity index (χ1v) is 32.2. The fourth-order valence-electron chi connectivity index (χ4n) is 10.4. The number of hydrogen-bond acceptors (Lipinski definition) is 8. The van der Waals surface area contributed by atoms with Crippen molar-refractivity contribution in [1.29, 1.82) is 0 Å². The summed E-state index contributed by atoms with van der Waals surface area (Å²) < 4.78 is 11.2. The number of ether oxygens (including phenoxy) is 2. The first-order chi connectivity index (χ1) is 36.3. The first-order valence-electron chi connectivity index (χ1n) is 32.2. The van der Waals surface area contributed by atoms with Gasteiger partial charge in [0.25, 0.3) is 0 Å². The molecule has 0 radical (unpaired) electrons. The van der Waals surface area contributed by atoms with Gasteiger partial charge in [-0.15, -0.1) is 0 Å². The zero-order chi connectivity index (χ0) is 53.6. The van der Waals surface area contributed by atoms with Crippen molar-refractivity contribution in [3.63, 3.8) is 0 Å². The Bertz CT molecular complexity index is 1260. The Morgan fingerprint density at radius 1 is 0.459 bits per heavy atom. The number of aliphatic hydroxyl groups is 5. The summed E-state index contributed by atoms with van der Waals surface area (Å²) in [5.74, 6) is -0.173. The fraction of sp³-hybridized carbons (Fsp3) is 0.892. The number of hydrogen-bond donors (Lipinski definition) is 6. The van der Waals surface area contributed by atoms with Crippen molar-refractivity contribution in [2.75, 3.05) is 13.2 Å². The third-order valence-electron chi connectivity index (χ3n) is 15.5. The van der Waals surface area contributed by atoms with Gasteiger partial charge in [0.1, 0.15) is 24.4 Å².